The summed E-state index contributed by atoms with van der Waals surface area (Å²) in [4.78, 5) is 16.2. The van der Waals surface area contributed by atoms with Gasteiger partial charge >= 0.3 is 0 Å². The minimum atomic E-state index is 0.0302. The van der Waals surface area contributed by atoms with E-state index in [4.69, 9.17) is 0 Å². The first-order valence-corrected chi connectivity index (χ1v) is 7.88. The molecule has 4 rings (SSSR count). The zero-order valence-electron chi connectivity index (χ0n) is 13.7. The highest BCUT2D eigenvalue weighted by atomic mass is 16.1. The first-order chi connectivity index (χ1) is 11.6. The Kier molecular flexibility index (Phi) is 3.53. The molecule has 0 amide bonds. The lowest BCUT2D eigenvalue weighted by Crippen LogP contribution is -2.58. The van der Waals surface area contributed by atoms with Crippen molar-refractivity contribution < 1.29 is 0 Å². The Labute approximate surface area is 138 Å². The van der Waals surface area contributed by atoms with E-state index in [0.717, 1.165) is 36.7 Å². The number of aromatic nitrogens is 5. The molecule has 0 atom stereocenters. The number of pyridine rings is 1. The van der Waals surface area contributed by atoms with Crippen molar-refractivity contribution in [3.8, 4) is 0 Å². The molecule has 0 aromatic carbocycles. The van der Waals surface area contributed by atoms with E-state index >= 15 is 0 Å². The first kappa shape index (κ1) is 14.8. The molecule has 124 valence electrons. The second kappa shape index (κ2) is 5.72. The molecular weight excluding hydrogens is 306 g/mol. The highest BCUT2D eigenvalue weighted by Crippen LogP contribution is 2.22. The average molecular weight is 325 g/mol. The predicted octanol–water partition coefficient (Wildman–Crippen LogP) is 0.144. The third kappa shape index (κ3) is 2.65. The van der Waals surface area contributed by atoms with E-state index in [9.17, 15) is 4.79 Å². The molecule has 0 N–H and O–H groups in total. The minimum absolute atomic E-state index is 0.0302. The van der Waals surface area contributed by atoms with Crippen LogP contribution in [0.2, 0.25) is 0 Å². The zero-order chi connectivity index (χ0) is 16.7. The van der Waals surface area contributed by atoms with Crippen molar-refractivity contribution in [3.63, 3.8) is 0 Å². The van der Waals surface area contributed by atoms with Crippen LogP contribution < -0.4 is 10.5 Å². The van der Waals surface area contributed by atoms with Crippen LogP contribution >= 0.6 is 0 Å². The molecule has 1 fully saturated rings. The SMILES string of the molecule is CN(Cc1ccn(C)c(=O)c1)C1CN(c2ccc3nncn3n2)C1. The quantitative estimate of drug-likeness (QED) is 0.680. The Hall–Kier alpha value is -2.74. The molecule has 0 radical (unpaired) electrons. The van der Waals surface area contributed by atoms with Gasteiger partial charge < -0.3 is 9.47 Å². The van der Waals surface area contributed by atoms with Gasteiger partial charge in [-0.1, -0.05) is 0 Å². The molecule has 8 heteroatoms. The maximum atomic E-state index is 11.7. The Balaban J connectivity index is 1.39. The van der Waals surface area contributed by atoms with E-state index < -0.39 is 0 Å². The van der Waals surface area contributed by atoms with Gasteiger partial charge in [0, 0.05) is 45.0 Å². The summed E-state index contributed by atoms with van der Waals surface area (Å²) in [5.41, 5.74) is 1.82. The normalized spacial score (nSPS) is 15.2. The molecule has 0 unspecified atom stereocenters. The molecule has 1 saturated heterocycles. The number of aryl methyl sites for hydroxylation is 1. The molecule has 3 aromatic rings. The van der Waals surface area contributed by atoms with Crippen molar-refractivity contribution in [2.45, 2.75) is 12.6 Å². The molecule has 3 aromatic heterocycles. The summed E-state index contributed by atoms with van der Waals surface area (Å²) in [6.45, 7) is 2.61. The first-order valence-electron chi connectivity index (χ1n) is 7.88. The summed E-state index contributed by atoms with van der Waals surface area (Å²) >= 11 is 0. The fourth-order valence-electron chi connectivity index (χ4n) is 2.91. The third-order valence-corrected chi connectivity index (χ3v) is 4.56. The molecule has 24 heavy (non-hydrogen) atoms. The third-order valence-electron chi connectivity index (χ3n) is 4.56. The molecular formula is C16H19N7O. The van der Waals surface area contributed by atoms with Crippen molar-refractivity contribution >= 4 is 11.5 Å². The van der Waals surface area contributed by atoms with Gasteiger partial charge in [0.15, 0.2) is 5.65 Å². The predicted molar refractivity (Wildman–Crippen MR) is 89.9 cm³/mol. The number of hydrogen-bond donors (Lipinski definition) is 0. The number of hydrogen-bond acceptors (Lipinski definition) is 6. The van der Waals surface area contributed by atoms with Crippen LogP contribution in [-0.2, 0) is 13.6 Å². The van der Waals surface area contributed by atoms with Crippen molar-refractivity contribution in [3.05, 3.63) is 52.7 Å². The number of anilines is 1. The average Bonchev–Trinajstić information content (AvgIpc) is 2.97. The Bertz CT molecular complexity index is 925. The van der Waals surface area contributed by atoms with Crippen molar-refractivity contribution in [1.29, 1.82) is 0 Å². The monoisotopic (exact) mass is 325 g/mol. The van der Waals surface area contributed by atoms with Crippen molar-refractivity contribution in [1.82, 2.24) is 29.3 Å². The maximum Gasteiger partial charge on any atom is 0.250 e. The van der Waals surface area contributed by atoms with Crippen LogP contribution in [0.15, 0.2) is 41.6 Å². The van der Waals surface area contributed by atoms with Crippen LogP contribution in [0.25, 0.3) is 5.65 Å². The van der Waals surface area contributed by atoms with E-state index in [1.54, 1.807) is 28.5 Å². The van der Waals surface area contributed by atoms with Gasteiger partial charge in [0.05, 0.1) is 0 Å². The molecule has 4 heterocycles. The lowest BCUT2D eigenvalue weighted by molar-refractivity contribution is 0.196. The lowest BCUT2D eigenvalue weighted by Gasteiger charge is -2.44. The molecule has 8 nitrogen and oxygen atoms in total. The van der Waals surface area contributed by atoms with E-state index in [2.05, 4.69) is 32.1 Å². The zero-order valence-corrected chi connectivity index (χ0v) is 13.7. The van der Waals surface area contributed by atoms with Gasteiger partial charge in [-0.15, -0.1) is 15.3 Å². The summed E-state index contributed by atoms with van der Waals surface area (Å²) < 4.78 is 3.27. The van der Waals surface area contributed by atoms with Crippen LogP contribution in [0, 0.1) is 0 Å². The number of fused-ring (bicyclic) bond motifs is 1. The smallest absolute Gasteiger partial charge is 0.250 e. The van der Waals surface area contributed by atoms with Crippen LogP contribution in [0.3, 0.4) is 0 Å². The molecule has 1 aliphatic heterocycles. The van der Waals surface area contributed by atoms with E-state index in [-0.39, 0.29) is 5.56 Å². The van der Waals surface area contributed by atoms with Gasteiger partial charge in [-0.05, 0) is 30.8 Å². The van der Waals surface area contributed by atoms with Crippen molar-refractivity contribution in [2.75, 3.05) is 25.0 Å². The number of likely N-dealkylation sites (N-methyl/N-ethyl adjacent to an activating group) is 1. The van der Waals surface area contributed by atoms with Gasteiger partial charge in [0.2, 0.25) is 0 Å². The van der Waals surface area contributed by atoms with Gasteiger partial charge in [-0.2, -0.15) is 4.52 Å². The fraction of sp³-hybridized carbons (Fsp3) is 0.375. The molecule has 0 saturated carbocycles. The van der Waals surface area contributed by atoms with Crippen LogP contribution in [0.5, 0.6) is 0 Å². The summed E-state index contributed by atoms with van der Waals surface area (Å²) in [5.74, 6) is 0.931. The second-order valence-corrected chi connectivity index (χ2v) is 6.28. The second-order valence-electron chi connectivity index (χ2n) is 6.28. The van der Waals surface area contributed by atoms with Gasteiger partial charge in [0.25, 0.3) is 5.56 Å². The highest BCUT2D eigenvalue weighted by Gasteiger charge is 2.31. The largest absolute Gasteiger partial charge is 0.352 e. The van der Waals surface area contributed by atoms with Crippen LogP contribution in [0.1, 0.15) is 5.56 Å². The Morgan fingerprint density at radius 2 is 2.12 bits per heavy atom. The Morgan fingerprint density at radius 3 is 2.92 bits per heavy atom. The molecule has 0 bridgehead atoms. The summed E-state index contributed by atoms with van der Waals surface area (Å²) in [6, 6.07) is 8.05. The van der Waals surface area contributed by atoms with E-state index in [1.807, 2.05) is 24.4 Å². The van der Waals surface area contributed by atoms with Gasteiger partial charge in [-0.25, -0.2) is 0 Å². The van der Waals surface area contributed by atoms with Gasteiger partial charge in [-0.3, -0.25) is 9.69 Å². The summed E-state index contributed by atoms with van der Waals surface area (Å²) in [5, 5.41) is 12.3. The standard InChI is InChI=1S/C16H19N7O/c1-20-6-5-12(7-16(20)24)8-21(2)13-9-22(10-13)15-4-3-14-18-17-11-23(14)19-15/h3-7,11,13H,8-10H2,1-2H3. The maximum absolute atomic E-state index is 11.7. The molecule has 0 aliphatic carbocycles. The molecule has 0 spiro atoms. The number of rotatable bonds is 4. The minimum Gasteiger partial charge on any atom is -0.352 e. The van der Waals surface area contributed by atoms with Crippen molar-refractivity contribution in [2.24, 2.45) is 7.05 Å². The molecule has 1 aliphatic rings. The summed E-state index contributed by atoms with van der Waals surface area (Å²) in [6.07, 6.45) is 3.43. The fourth-order valence-corrected chi connectivity index (χ4v) is 2.91. The topological polar surface area (TPSA) is 71.6 Å². The van der Waals surface area contributed by atoms with Crippen LogP contribution in [-0.4, -0.2) is 55.5 Å². The van der Waals surface area contributed by atoms with E-state index in [0.29, 0.717) is 6.04 Å². The van der Waals surface area contributed by atoms with Gasteiger partial charge in [0.1, 0.15) is 12.1 Å². The van der Waals surface area contributed by atoms with Crippen LogP contribution in [0.4, 0.5) is 5.82 Å². The lowest BCUT2D eigenvalue weighted by atomic mass is 10.1. The summed E-state index contributed by atoms with van der Waals surface area (Å²) in [7, 11) is 3.86. The highest BCUT2D eigenvalue weighted by molar-refractivity contribution is 5.47. The van der Waals surface area contributed by atoms with E-state index in [1.165, 1.54) is 0 Å². The Morgan fingerprint density at radius 1 is 1.29 bits per heavy atom. The number of nitrogens with zero attached hydrogens (tertiary/aromatic N) is 7.